The monoisotopic (exact) mass is 369 g/mol. The van der Waals surface area contributed by atoms with Gasteiger partial charge in [0.15, 0.2) is 11.6 Å². The lowest BCUT2D eigenvalue weighted by atomic mass is 9.82. The Labute approximate surface area is 157 Å². The van der Waals surface area contributed by atoms with Gasteiger partial charge in [0.05, 0.1) is 18.5 Å². The summed E-state index contributed by atoms with van der Waals surface area (Å²) in [6.07, 6.45) is 1.85. The molecule has 3 heterocycles. The number of ether oxygens (including phenoxy) is 1. The van der Waals surface area contributed by atoms with Crippen LogP contribution in [0, 0.1) is 13.8 Å². The van der Waals surface area contributed by atoms with Crippen molar-refractivity contribution in [1.29, 1.82) is 0 Å². The number of aryl methyl sites for hydroxylation is 2. The molecule has 1 fully saturated rings. The Morgan fingerprint density at radius 3 is 2.74 bits per heavy atom. The van der Waals surface area contributed by atoms with Gasteiger partial charge in [0.25, 0.3) is 0 Å². The molecular formula is C20H23N3O4. The fraction of sp³-hybridized carbons (Fsp3) is 0.450. The highest BCUT2D eigenvalue weighted by molar-refractivity contribution is 6.00. The second-order valence-corrected chi connectivity index (χ2v) is 7.53. The largest absolute Gasteiger partial charge is 0.486 e. The summed E-state index contributed by atoms with van der Waals surface area (Å²) in [7, 11) is 0. The van der Waals surface area contributed by atoms with Crippen molar-refractivity contribution in [2.45, 2.75) is 38.7 Å². The summed E-state index contributed by atoms with van der Waals surface area (Å²) in [6.45, 7) is 5.45. The van der Waals surface area contributed by atoms with Crippen LogP contribution in [0.3, 0.4) is 0 Å². The Morgan fingerprint density at radius 1 is 1.26 bits per heavy atom. The second-order valence-electron chi connectivity index (χ2n) is 7.53. The summed E-state index contributed by atoms with van der Waals surface area (Å²) >= 11 is 0. The van der Waals surface area contributed by atoms with Gasteiger partial charge in [-0.2, -0.15) is 0 Å². The SMILES string of the molecule is Cc1ccc2c(c1)C(=O)CC1(CCN(CC(=O)Nc3cc(C)on3)CC1)O2. The Morgan fingerprint density at radius 2 is 2.04 bits per heavy atom. The number of rotatable bonds is 3. The Kier molecular flexibility index (Phi) is 4.47. The van der Waals surface area contributed by atoms with Gasteiger partial charge in [-0.05, 0) is 26.0 Å². The summed E-state index contributed by atoms with van der Waals surface area (Å²) in [4.78, 5) is 26.9. The maximum absolute atomic E-state index is 12.6. The van der Waals surface area contributed by atoms with E-state index in [2.05, 4.69) is 15.4 Å². The molecule has 0 bridgehead atoms. The number of nitrogens with zero attached hydrogens (tertiary/aromatic N) is 2. The number of likely N-dealkylation sites (tertiary alicyclic amines) is 1. The smallest absolute Gasteiger partial charge is 0.239 e. The van der Waals surface area contributed by atoms with E-state index >= 15 is 0 Å². The number of nitrogens with one attached hydrogen (secondary N) is 1. The standard InChI is InChI=1S/C20H23N3O4/c1-13-3-4-17-15(9-13)16(24)11-20(26-17)5-7-23(8-6-20)12-19(25)21-18-10-14(2)27-22-18/h3-4,9-10H,5-8,11-12H2,1-2H3,(H,21,22,25). The average molecular weight is 369 g/mol. The van der Waals surface area contributed by atoms with Crippen molar-refractivity contribution < 1.29 is 18.8 Å². The number of benzene rings is 1. The van der Waals surface area contributed by atoms with Crippen molar-refractivity contribution in [2.75, 3.05) is 25.0 Å². The third kappa shape index (κ3) is 3.73. The summed E-state index contributed by atoms with van der Waals surface area (Å²) in [6, 6.07) is 7.44. The van der Waals surface area contributed by atoms with E-state index in [0.29, 0.717) is 42.4 Å². The lowest BCUT2D eigenvalue weighted by Gasteiger charge is -2.43. The van der Waals surface area contributed by atoms with Gasteiger partial charge in [0.1, 0.15) is 17.1 Å². The van der Waals surface area contributed by atoms with Gasteiger partial charge in [-0.15, -0.1) is 0 Å². The van der Waals surface area contributed by atoms with Crippen molar-refractivity contribution in [2.24, 2.45) is 0 Å². The van der Waals surface area contributed by atoms with Gasteiger partial charge < -0.3 is 14.6 Å². The van der Waals surface area contributed by atoms with Crippen LogP contribution >= 0.6 is 0 Å². The highest BCUT2D eigenvalue weighted by Crippen LogP contribution is 2.39. The predicted molar refractivity (Wildman–Crippen MR) is 99.0 cm³/mol. The number of hydrogen-bond donors (Lipinski definition) is 1. The molecule has 1 aromatic heterocycles. The molecule has 7 nitrogen and oxygen atoms in total. The normalized spacial score (nSPS) is 18.8. The number of aromatic nitrogens is 1. The number of carbonyl (C=O) groups is 2. The third-order valence-electron chi connectivity index (χ3n) is 5.27. The van der Waals surface area contributed by atoms with Crippen molar-refractivity contribution in [3.8, 4) is 5.75 Å². The van der Waals surface area contributed by atoms with Crippen LogP contribution in [0.5, 0.6) is 5.75 Å². The highest BCUT2D eigenvalue weighted by Gasteiger charge is 2.43. The molecule has 1 N–H and O–H groups in total. The van der Waals surface area contributed by atoms with E-state index in [1.54, 1.807) is 13.0 Å². The van der Waals surface area contributed by atoms with Crippen LogP contribution < -0.4 is 10.1 Å². The van der Waals surface area contributed by atoms with E-state index in [-0.39, 0.29) is 18.2 Å². The number of Topliss-reactive ketones (excluding diaryl/α,β-unsaturated/α-hetero) is 1. The van der Waals surface area contributed by atoms with Crippen LogP contribution in [-0.4, -0.2) is 47.0 Å². The Balaban J connectivity index is 1.35. The maximum atomic E-state index is 12.6. The van der Waals surface area contributed by atoms with Crippen LogP contribution in [0.15, 0.2) is 28.8 Å². The van der Waals surface area contributed by atoms with Crippen molar-refractivity contribution in [3.05, 3.63) is 41.2 Å². The highest BCUT2D eigenvalue weighted by atomic mass is 16.5. The lowest BCUT2D eigenvalue weighted by molar-refractivity contribution is -0.118. The molecule has 1 spiro atoms. The van der Waals surface area contributed by atoms with Crippen molar-refractivity contribution in [1.82, 2.24) is 10.1 Å². The Hall–Kier alpha value is -2.67. The molecular weight excluding hydrogens is 346 g/mol. The molecule has 2 aromatic rings. The minimum absolute atomic E-state index is 0.124. The number of ketones is 1. The molecule has 0 unspecified atom stereocenters. The molecule has 2 aliphatic rings. The quantitative estimate of drug-likeness (QED) is 0.895. The van der Waals surface area contributed by atoms with Crippen LogP contribution in [0.25, 0.3) is 0 Å². The molecule has 2 aliphatic heterocycles. The molecule has 0 atom stereocenters. The second kappa shape index (κ2) is 6.81. The average Bonchev–Trinajstić information content (AvgIpc) is 3.03. The molecule has 27 heavy (non-hydrogen) atoms. The first kappa shape index (κ1) is 17.7. The third-order valence-corrected chi connectivity index (χ3v) is 5.27. The van der Waals surface area contributed by atoms with E-state index in [1.807, 2.05) is 25.1 Å². The predicted octanol–water partition coefficient (Wildman–Crippen LogP) is 2.73. The molecule has 0 saturated carbocycles. The minimum Gasteiger partial charge on any atom is -0.486 e. The molecule has 142 valence electrons. The lowest BCUT2D eigenvalue weighted by Crippen LogP contribution is -2.52. The fourth-order valence-electron chi connectivity index (χ4n) is 3.82. The number of piperidine rings is 1. The zero-order valence-corrected chi connectivity index (χ0v) is 15.6. The minimum atomic E-state index is -0.449. The van der Waals surface area contributed by atoms with E-state index in [0.717, 1.165) is 18.4 Å². The van der Waals surface area contributed by atoms with Crippen LogP contribution in [0.2, 0.25) is 0 Å². The molecule has 0 aliphatic carbocycles. The van der Waals surface area contributed by atoms with Crippen molar-refractivity contribution >= 4 is 17.5 Å². The molecule has 7 heteroatoms. The number of hydrogen-bond acceptors (Lipinski definition) is 6. The summed E-state index contributed by atoms with van der Waals surface area (Å²) in [5.41, 5.74) is 1.30. The summed E-state index contributed by atoms with van der Waals surface area (Å²) < 4.78 is 11.2. The van der Waals surface area contributed by atoms with Crippen LogP contribution in [0.4, 0.5) is 5.82 Å². The van der Waals surface area contributed by atoms with E-state index in [4.69, 9.17) is 9.26 Å². The topological polar surface area (TPSA) is 84.7 Å². The van der Waals surface area contributed by atoms with E-state index in [9.17, 15) is 9.59 Å². The van der Waals surface area contributed by atoms with E-state index in [1.165, 1.54) is 0 Å². The molecule has 4 rings (SSSR count). The van der Waals surface area contributed by atoms with Gasteiger partial charge in [0.2, 0.25) is 5.91 Å². The van der Waals surface area contributed by atoms with Gasteiger partial charge in [-0.1, -0.05) is 16.8 Å². The first-order chi connectivity index (χ1) is 12.9. The first-order valence-electron chi connectivity index (χ1n) is 9.21. The Bertz CT molecular complexity index is 881. The van der Waals surface area contributed by atoms with Crippen LogP contribution in [-0.2, 0) is 4.79 Å². The first-order valence-corrected chi connectivity index (χ1v) is 9.21. The molecule has 0 radical (unpaired) electrons. The van der Waals surface area contributed by atoms with Gasteiger partial charge in [-0.3, -0.25) is 14.5 Å². The van der Waals surface area contributed by atoms with Gasteiger partial charge in [0, 0.05) is 32.0 Å². The van der Waals surface area contributed by atoms with Crippen molar-refractivity contribution in [3.63, 3.8) is 0 Å². The number of amides is 1. The maximum Gasteiger partial charge on any atom is 0.239 e. The molecule has 1 aromatic carbocycles. The zero-order valence-electron chi connectivity index (χ0n) is 15.6. The fourth-order valence-corrected chi connectivity index (χ4v) is 3.82. The van der Waals surface area contributed by atoms with Gasteiger partial charge >= 0.3 is 0 Å². The van der Waals surface area contributed by atoms with Crippen LogP contribution in [0.1, 0.15) is 40.9 Å². The molecule has 1 saturated heterocycles. The van der Waals surface area contributed by atoms with Gasteiger partial charge in [-0.25, -0.2) is 0 Å². The zero-order chi connectivity index (χ0) is 19.0. The molecule has 1 amide bonds. The summed E-state index contributed by atoms with van der Waals surface area (Å²) in [5, 5.41) is 6.51. The number of carbonyl (C=O) groups excluding carboxylic acids is 2. The number of fused-ring (bicyclic) bond motifs is 1. The van der Waals surface area contributed by atoms with E-state index < -0.39 is 5.60 Å². The summed E-state index contributed by atoms with van der Waals surface area (Å²) in [5.74, 6) is 1.79. The number of anilines is 1.